The van der Waals surface area contributed by atoms with Gasteiger partial charge in [0.1, 0.15) is 58.2 Å². The summed E-state index contributed by atoms with van der Waals surface area (Å²) in [6.07, 6.45) is 3.22. The zero-order valence-electron chi connectivity index (χ0n) is 72.1. The molecule has 1 fully saturated rings. The van der Waals surface area contributed by atoms with Crippen LogP contribution < -0.4 is 64.1 Å². The van der Waals surface area contributed by atoms with Gasteiger partial charge in [-0.2, -0.15) is 0 Å². The molecule has 0 saturated heterocycles. The van der Waals surface area contributed by atoms with Gasteiger partial charge in [-0.25, -0.2) is 63.4 Å². The summed E-state index contributed by atoms with van der Waals surface area (Å²) in [5.74, 6) is 7.07. The number of aryl methyl sites for hydroxylation is 3. The molecule has 37 heteroatoms. The second-order valence-electron chi connectivity index (χ2n) is 32.0. The first kappa shape index (κ1) is 83.9. The number of hydrogen-bond acceptors (Lipinski definition) is 20. The monoisotopic (exact) mass is 1760 g/mol. The lowest BCUT2D eigenvalue weighted by Gasteiger charge is -2.12. The van der Waals surface area contributed by atoms with Gasteiger partial charge in [0.2, 0.25) is 6.79 Å². The third-order valence-corrected chi connectivity index (χ3v) is 23.1. The molecule has 0 radical (unpaired) electrons. The number of rotatable bonds is 23. The summed E-state index contributed by atoms with van der Waals surface area (Å²) < 4.78 is 44.4. The van der Waals surface area contributed by atoms with E-state index in [1.807, 2.05) is 222 Å². The number of nitrogens with zero attached hydrogens (tertiary/aromatic N) is 17. The number of H-pyrrole nitrogens is 8. The van der Waals surface area contributed by atoms with E-state index in [4.69, 9.17) is 44.1 Å². The normalized spacial score (nSPS) is 12.4. The lowest BCUT2D eigenvalue weighted by Crippen LogP contribution is -2.30. The van der Waals surface area contributed by atoms with Crippen LogP contribution in [0.4, 0.5) is 10.1 Å². The number of ether oxygens (including phenoxy) is 3. The fourth-order valence-corrected chi connectivity index (χ4v) is 16.8. The average Bonchev–Trinajstić information content (AvgIpc) is 1.67. The van der Waals surface area contributed by atoms with E-state index < -0.39 is 45.0 Å². The van der Waals surface area contributed by atoms with Gasteiger partial charge >= 0.3 is 22.8 Å². The van der Waals surface area contributed by atoms with Crippen LogP contribution in [-0.2, 0) is 71.5 Å². The average molecular weight is 1760 g/mol. The molecule has 0 spiro atoms. The van der Waals surface area contributed by atoms with E-state index in [9.17, 15) is 42.7 Å². The van der Waals surface area contributed by atoms with Crippen molar-refractivity contribution < 1.29 is 18.6 Å². The molecule has 1 aliphatic carbocycles. The Hall–Kier alpha value is -16.6. The Morgan fingerprint density at radius 3 is 1.12 bits per heavy atom. The van der Waals surface area contributed by atoms with Crippen LogP contribution in [0.15, 0.2) is 226 Å². The summed E-state index contributed by atoms with van der Waals surface area (Å²) in [4.78, 5) is 163. The fourth-order valence-electron chi connectivity index (χ4n) is 16.8. The van der Waals surface area contributed by atoms with Gasteiger partial charge in [-0.1, -0.05) is 133 Å². The number of fused-ring (bicyclic) bond motifs is 9. The van der Waals surface area contributed by atoms with Gasteiger partial charge in [-0.3, -0.25) is 57.4 Å². The van der Waals surface area contributed by atoms with Crippen LogP contribution in [-0.4, -0.2) is 144 Å². The highest BCUT2D eigenvalue weighted by Gasteiger charge is 2.32. The van der Waals surface area contributed by atoms with E-state index >= 15 is 0 Å². The molecule has 12 aromatic heterocycles. The van der Waals surface area contributed by atoms with Crippen LogP contribution >= 0.6 is 0 Å². The smallest absolute Gasteiger partial charge is 0.330 e. The van der Waals surface area contributed by atoms with Crippen LogP contribution in [0.2, 0.25) is 0 Å². The minimum Gasteiger partial charge on any atom is -0.494 e. The Morgan fingerprint density at radius 1 is 0.366 bits per heavy atom. The lowest BCUT2D eigenvalue weighted by molar-refractivity contribution is 0.174. The highest BCUT2D eigenvalue weighted by molar-refractivity contribution is 5.83. The molecule has 1 saturated carbocycles. The molecule has 22 rings (SSSR count). The van der Waals surface area contributed by atoms with E-state index in [0.29, 0.717) is 185 Å². The number of aromatic amines is 8. The van der Waals surface area contributed by atoms with Gasteiger partial charge in [0.05, 0.1) is 82.1 Å². The molecule has 0 bridgehead atoms. The number of benzene rings is 8. The Labute approximate surface area is 739 Å². The number of aromatic nitrogens is 24. The molecule has 0 unspecified atom stereocenters. The predicted molar refractivity (Wildman–Crippen MR) is 493 cm³/mol. The molecule has 8 aromatic carbocycles. The largest absolute Gasteiger partial charge is 0.494 e. The number of anilines is 1. The molecule has 36 nitrogen and oxygen atoms in total. The van der Waals surface area contributed by atoms with Crippen molar-refractivity contribution in [3.8, 4) is 17.2 Å². The minimum absolute atomic E-state index is 0.0772. The van der Waals surface area contributed by atoms with Crippen molar-refractivity contribution in [2.75, 3.05) is 32.4 Å². The number of imidazole rings is 8. The predicted octanol–water partition coefficient (Wildman–Crippen LogP) is 10.3. The molecule has 20 aromatic rings. The van der Waals surface area contributed by atoms with E-state index in [0.717, 1.165) is 79.8 Å². The minimum atomic E-state index is -0.494. The van der Waals surface area contributed by atoms with E-state index in [1.54, 1.807) is 29.6 Å². The molecule has 8 N–H and O–H groups in total. The van der Waals surface area contributed by atoms with Gasteiger partial charge in [-0.15, -0.1) is 0 Å². The quantitative estimate of drug-likeness (QED) is 0.0295. The zero-order valence-corrected chi connectivity index (χ0v) is 72.1. The van der Waals surface area contributed by atoms with Crippen LogP contribution in [0.3, 0.4) is 0 Å². The van der Waals surface area contributed by atoms with Crippen LogP contribution in [0.25, 0.3) is 88.8 Å². The van der Waals surface area contributed by atoms with Gasteiger partial charge < -0.3 is 57.3 Å². The highest BCUT2D eigenvalue weighted by Crippen LogP contribution is 2.38. The van der Waals surface area contributed by atoms with Crippen LogP contribution in [0.1, 0.15) is 115 Å². The molecule has 0 amide bonds. The third-order valence-electron chi connectivity index (χ3n) is 23.1. The Bertz CT molecular complexity index is 8200. The Kier molecular flexibility index (Phi) is 22.6. The first-order valence-corrected chi connectivity index (χ1v) is 43.0. The summed E-state index contributed by atoms with van der Waals surface area (Å²) in [5.41, 5.74) is 10.3. The summed E-state index contributed by atoms with van der Waals surface area (Å²) in [6.45, 7) is 11.2. The maximum absolute atomic E-state index is 14.4. The summed E-state index contributed by atoms with van der Waals surface area (Å²) in [7, 11) is 3.54. The molecule has 662 valence electrons. The van der Waals surface area contributed by atoms with Crippen molar-refractivity contribution in [1.29, 1.82) is 0 Å². The standard InChI is InChI=1S/C24H24FN7O2.C24H20N6O4.C24H24N6O3.C22H20N6O2/c1-4-31-22-21(23(33)29-24(31)34)32(13-14-8-6-5-7-9-14)20(28-22)12-19-26-16-10-15(25)18(30(2)3)11-17(16)27-19;31-23-21-22(30(14-6-7-14)24(32)28-23)27-20(29(21)11-13-4-2-1-3-5-13)10-19-25-15-8-17-18(34-12-33-17)9-16(15)26-19;1-3-29-22-21(23(31)28-24(29)32)30(14-15-8-6-5-7-9-15)20(27-22)13-19-25-17-11-10-16(33-4-2)12-18(17)26-19;1-2-27-20-19(21(29)26-22(27)30)28(13-14-8-4-3-5-9-14)18(25-20)12-17-23-15-10-6-7-11-16(15)24-17/h5-11H,4,12-13H2,1-3H3,(H,26,27)(H,29,33,34);1-5,8-9,14H,6-7,10-12H2,(H,25,26)(H,28,31,32);5-12H,3-4,13-14H2,1-2H3,(H,25,26)(H,28,31,32);3-11H,2,12-13H2,1H3,(H,23,24)(H,26,29,30). The number of halogens is 1. The molecule has 1 aliphatic heterocycles. The van der Waals surface area contributed by atoms with Gasteiger partial charge in [0.25, 0.3) is 22.2 Å². The fraction of sp³-hybridized carbons (Fsp3) is 0.234. The SMILES string of the molecule is CCOc1ccc2nc(Cc3nc4c(c(=O)[nH]c(=O)n4CC)n3Cc3ccccc3)[nH]c2c1.CCn1c(=O)[nH]c(=O)c2c1nc(Cc1nc3cc(N(C)C)c(F)cc3[nH]1)n2Cc1ccccc1.CCn1c(=O)[nH]c(=O)c2c1nc(Cc1nc3ccccc3[nH]1)n2Cc1ccccc1.O=c1[nH]c(=O)n(C2CC2)c2nc(Cc3nc4cc5c(cc4[nH]3)OCO5)n(Cc3ccccc3)c12. The van der Waals surface area contributed by atoms with Crippen molar-refractivity contribution in [3.63, 3.8) is 0 Å². The number of nitrogens with one attached hydrogen (secondary N) is 8. The first-order chi connectivity index (χ1) is 63.7. The topological polar surface area (TPSA) is 436 Å². The van der Waals surface area contributed by atoms with E-state index in [-0.39, 0.29) is 25.1 Å². The molecular formula is C94H88FN25O11. The van der Waals surface area contributed by atoms with Crippen molar-refractivity contribution in [2.45, 2.75) is 118 Å². The molecule has 131 heavy (non-hydrogen) atoms. The third kappa shape index (κ3) is 16.8. The second kappa shape index (κ2) is 35.3. The summed E-state index contributed by atoms with van der Waals surface area (Å²) >= 11 is 0. The maximum Gasteiger partial charge on any atom is 0.330 e. The summed E-state index contributed by atoms with van der Waals surface area (Å²) in [5, 5.41) is 0. The Morgan fingerprint density at radius 2 is 0.718 bits per heavy atom. The van der Waals surface area contributed by atoms with E-state index in [1.165, 1.54) is 19.8 Å². The highest BCUT2D eigenvalue weighted by atomic mass is 19.1. The molecule has 0 atom stereocenters. The molecule has 2 aliphatic rings. The van der Waals surface area contributed by atoms with Gasteiger partial charge in [0, 0.05) is 90.2 Å². The number of para-hydroxylation sites is 2. The Balaban J connectivity index is 0.000000113. The maximum atomic E-state index is 14.4. The molecule has 13 heterocycles. The first-order valence-electron chi connectivity index (χ1n) is 43.0. The molecular weight excluding hydrogens is 1670 g/mol. The second-order valence-corrected chi connectivity index (χ2v) is 32.0. The lowest BCUT2D eigenvalue weighted by atomic mass is 10.2. The van der Waals surface area contributed by atoms with Crippen molar-refractivity contribution >= 4 is 94.5 Å². The van der Waals surface area contributed by atoms with Crippen molar-refractivity contribution in [3.05, 3.63) is 346 Å². The van der Waals surface area contributed by atoms with Crippen LogP contribution in [0.5, 0.6) is 17.2 Å². The van der Waals surface area contributed by atoms with Gasteiger partial charge in [-0.05, 0) is 93.1 Å². The van der Waals surface area contributed by atoms with Crippen molar-refractivity contribution in [2.24, 2.45) is 0 Å². The van der Waals surface area contributed by atoms with Crippen LogP contribution in [0, 0.1) is 5.82 Å². The van der Waals surface area contributed by atoms with Crippen molar-refractivity contribution in [1.82, 2.24) is 116 Å². The van der Waals surface area contributed by atoms with E-state index in [2.05, 4.69) is 49.8 Å². The number of hydrogen-bond donors (Lipinski definition) is 8. The zero-order chi connectivity index (χ0) is 90.4. The van der Waals surface area contributed by atoms with Gasteiger partial charge in [0.15, 0.2) is 56.2 Å². The summed E-state index contributed by atoms with van der Waals surface area (Å²) in [6, 6.07) is 59.7.